The van der Waals surface area contributed by atoms with Crippen LogP contribution in [0.4, 0.5) is 0 Å². The van der Waals surface area contributed by atoms with Crippen molar-refractivity contribution in [3.8, 4) is 0 Å². The molecule has 19 atom stereocenters. The summed E-state index contributed by atoms with van der Waals surface area (Å²) in [5.74, 6) is 0. The summed E-state index contributed by atoms with van der Waals surface area (Å²) < 4.78 is 27.4. The lowest BCUT2D eigenvalue weighted by Crippen LogP contribution is -2.68. The summed E-state index contributed by atoms with van der Waals surface area (Å²) in [6.45, 7) is -0.753. The number of nitrogens with one attached hydrogen (secondary N) is 1. The summed E-state index contributed by atoms with van der Waals surface area (Å²) in [4.78, 5) is 0. The van der Waals surface area contributed by atoms with E-state index < -0.39 is 136 Å². The molecule has 1 aliphatic carbocycles. The molecule has 0 unspecified atom stereocenters. The van der Waals surface area contributed by atoms with Gasteiger partial charge in [-0.15, -0.1) is 0 Å². The fraction of sp³-hybridized carbons (Fsp3) is 0.920. The molecule has 0 spiro atoms. The first-order valence-electron chi connectivity index (χ1n) is 14.1. The Bertz CT molecular complexity index is 958. The third-order valence-corrected chi connectivity index (χ3v) is 8.48. The van der Waals surface area contributed by atoms with E-state index in [1.807, 2.05) is 0 Å². The number of hydrogen-bond acceptors (Lipinski definition) is 19. The second-order valence-corrected chi connectivity index (χ2v) is 11.4. The van der Waals surface area contributed by atoms with Gasteiger partial charge in [0, 0.05) is 0 Å². The summed E-state index contributed by atoms with van der Waals surface area (Å²) in [7, 11) is 0. The zero-order valence-electron chi connectivity index (χ0n) is 23.5. The Kier molecular flexibility index (Phi) is 12.1. The molecule has 0 amide bonds. The summed E-state index contributed by atoms with van der Waals surface area (Å²) >= 11 is 0. The average molecular weight is 646 g/mol. The van der Waals surface area contributed by atoms with Crippen molar-refractivity contribution >= 4 is 0 Å². The van der Waals surface area contributed by atoms with Crippen LogP contribution >= 0.6 is 0 Å². The van der Waals surface area contributed by atoms with Crippen molar-refractivity contribution in [1.29, 1.82) is 0 Å². The second-order valence-electron chi connectivity index (χ2n) is 11.4. The van der Waals surface area contributed by atoms with Gasteiger partial charge in [-0.2, -0.15) is 0 Å². The molecular formula is C25H43NO18. The molecule has 0 radical (unpaired) electrons. The maximum absolute atomic E-state index is 10.9. The van der Waals surface area contributed by atoms with E-state index in [1.165, 1.54) is 13.0 Å². The molecule has 19 heteroatoms. The molecule has 0 aromatic heterocycles. The van der Waals surface area contributed by atoms with Crippen LogP contribution in [0.2, 0.25) is 0 Å². The first-order chi connectivity index (χ1) is 20.7. The van der Waals surface area contributed by atoms with Crippen molar-refractivity contribution in [2.24, 2.45) is 0 Å². The third kappa shape index (κ3) is 6.96. The number of ether oxygens (including phenoxy) is 5. The van der Waals surface area contributed by atoms with Crippen molar-refractivity contribution in [3.63, 3.8) is 0 Å². The molecule has 14 N–H and O–H groups in total. The van der Waals surface area contributed by atoms with Crippen LogP contribution in [0.5, 0.6) is 0 Å². The Morgan fingerprint density at radius 1 is 0.636 bits per heavy atom. The summed E-state index contributed by atoms with van der Waals surface area (Å²) in [5.41, 5.74) is 0.0225. The maximum Gasteiger partial charge on any atom is 0.187 e. The second kappa shape index (κ2) is 14.8. The molecular weight excluding hydrogens is 602 g/mol. The SMILES string of the molecule is C[C@H]1O[C@H](O[C@H]2[C@H](O)[C@@H](O)[C@@H](O[C@H]3[C@H](O)[C@@H](O)[C@@H](O)O[C@@H]3CO)O[C@@H]2CO)[C@H](O)[C@@H](O)[C@@H]1N[C@H]1C=C(CO)[C@@H](O)[C@H](O)[C@H]1O. The third-order valence-electron chi connectivity index (χ3n) is 8.48. The summed E-state index contributed by atoms with van der Waals surface area (Å²) in [6, 6.07) is -2.17. The normalized spacial score (nSPS) is 52.0. The Hall–Kier alpha value is -1.02. The van der Waals surface area contributed by atoms with Gasteiger partial charge >= 0.3 is 0 Å². The zero-order valence-corrected chi connectivity index (χ0v) is 23.5. The van der Waals surface area contributed by atoms with Crippen molar-refractivity contribution in [1.82, 2.24) is 5.32 Å². The van der Waals surface area contributed by atoms with Gasteiger partial charge in [0.25, 0.3) is 0 Å². The molecule has 0 bridgehead atoms. The number of aliphatic hydroxyl groups excluding tert-OH is 13. The number of aliphatic hydroxyl groups is 13. The number of hydrogen-bond donors (Lipinski definition) is 14. The topological polar surface area (TPSA) is 321 Å². The fourth-order valence-corrected chi connectivity index (χ4v) is 5.81. The Labute approximate surface area is 250 Å². The van der Waals surface area contributed by atoms with E-state index in [-0.39, 0.29) is 5.57 Å². The zero-order chi connectivity index (χ0) is 32.6. The molecule has 4 rings (SSSR count). The Morgan fingerprint density at radius 3 is 1.73 bits per heavy atom. The highest BCUT2D eigenvalue weighted by Crippen LogP contribution is 2.32. The van der Waals surface area contributed by atoms with Gasteiger partial charge in [-0.05, 0) is 12.5 Å². The molecule has 3 saturated heterocycles. The van der Waals surface area contributed by atoms with Crippen LogP contribution in [0.3, 0.4) is 0 Å². The Morgan fingerprint density at radius 2 is 1.16 bits per heavy atom. The highest BCUT2D eigenvalue weighted by atomic mass is 16.7. The van der Waals surface area contributed by atoms with E-state index in [0.717, 1.165) is 0 Å². The molecule has 0 aromatic carbocycles. The van der Waals surface area contributed by atoms with Gasteiger partial charge in [-0.25, -0.2) is 0 Å². The highest BCUT2D eigenvalue weighted by Gasteiger charge is 2.53. The first kappa shape index (κ1) is 35.8. The number of rotatable bonds is 9. The van der Waals surface area contributed by atoms with Crippen molar-refractivity contribution in [2.75, 3.05) is 19.8 Å². The van der Waals surface area contributed by atoms with Gasteiger partial charge in [-0.1, -0.05) is 6.08 Å². The van der Waals surface area contributed by atoms with E-state index in [4.69, 9.17) is 23.7 Å². The molecule has 0 saturated carbocycles. The Balaban J connectivity index is 1.42. The molecule has 3 aliphatic heterocycles. The van der Waals surface area contributed by atoms with Gasteiger partial charge in [0.2, 0.25) is 0 Å². The van der Waals surface area contributed by atoms with E-state index in [1.54, 1.807) is 0 Å². The monoisotopic (exact) mass is 645 g/mol. The van der Waals surface area contributed by atoms with Gasteiger partial charge in [0.05, 0.1) is 38.0 Å². The van der Waals surface area contributed by atoms with Crippen LogP contribution in [-0.4, -0.2) is 203 Å². The quantitative estimate of drug-likeness (QED) is 0.103. The van der Waals surface area contributed by atoms with Crippen LogP contribution in [0.25, 0.3) is 0 Å². The molecule has 19 nitrogen and oxygen atoms in total. The minimum absolute atomic E-state index is 0.0225. The van der Waals surface area contributed by atoms with E-state index in [2.05, 4.69) is 5.32 Å². The van der Waals surface area contributed by atoms with Crippen molar-refractivity contribution in [3.05, 3.63) is 11.6 Å². The van der Waals surface area contributed by atoms with Crippen LogP contribution in [-0.2, 0) is 23.7 Å². The van der Waals surface area contributed by atoms with Gasteiger partial charge in [0.15, 0.2) is 18.9 Å². The maximum atomic E-state index is 10.9. The van der Waals surface area contributed by atoms with E-state index in [9.17, 15) is 66.4 Å². The standard InChI is InChI=1S/C25H43NO18/c1-6-11(26-8-2-7(3-27)12(30)15(33)13(8)31)14(32)19(37)24(40-6)43-22-10(5-29)42-25(20(38)17(22)35)44-21-9(4-28)41-23(39)18(36)16(21)34/h2,6,8-39H,3-5H2,1H3/t6-,8+,9-,10-,11-,12-,13+,14+,15+,16-,17-,18-,19-,20-,21-,22-,23+,24-,25-/m1/s1. The highest BCUT2D eigenvalue weighted by molar-refractivity contribution is 5.22. The lowest BCUT2D eigenvalue weighted by atomic mass is 9.86. The molecule has 44 heavy (non-hydrogen) atoms. The average Bonchev–Trinajstić information content (AvgIpc) is 3.00. The predicted octanol–water partition coefficient (Wildman–Crippen LogP) is -8.56. The van der Waals surface area contributed by atoms with Gasteiger partial charge < -0.3 is 95.4 Å². The largest absolute Gasteiger partial charge is 0.394 e. The summed E-state index contributed by atoms with van der Waals surface area (Å²) in [5, 5.41) is 136. The van der Waals surface area contributed by atoms with Crippen molar-refractivity contribution in [2.45, 2.75) is 123 Å². The lowest BCUT2D eigenvalue weighted by molar-refractivity contribution is -0.373. The molecule has 3 fully saturated rings. The lowest BCUT2D eigenvalue weighted by Gasteiger charge is -2.48. The van der Waals surface area contributed by atoms with Crippen LogP contribution in [0, 0.1) is 0 Å². The predicted molar refractivity (Wildman–Crippen MR) is 138 cm³/mol. The molecule has 4 aliphatic rings. The van der Waals surface area contributed by atoms with E-state index in [0.29, 0.717) is 0 Å². The first-order valence-corrected chi connectivity index (χ1v) is 14.1. The minimum atomic E-state index is -1.93. The van der Waals surface area contributed by atoms with E-state index >= 15 is 0 Å². The molecule has 3 heterocycles. The van der Waals surface area contributed by atoms with Gasteiger partial charge in [0.1, 0.15) is 79.4 Å². The molecule has 256 valence electrons. The fourth-order valence-electron chi connectivity index (χ4n) is 5.81. The van der Waals surface area contributed by atoms with Crippen molar-refractivity contribution < 1.29 is 90.1 Å². The van der Waals surface area contributed by atoms with Crippen LogP contribution in [0.15, 0.2) is 11.6 Å². The summed E-state index contributed by atoms with van der Waals surface area (Å²) in [6.07, 6.45) is -26.6. The van der Waals surface area contributed by atoms with Crippen LogP contribution in [0.1, 0.15) is 6.92 Å². The molecule has 0 aromatic rings. The smallest absolute Gasteiger partial charge is 0.187 e. The minimum Gasteiger partial charge on any atom is -0.394 e. The van der Waals surface area contributed by atoms with Crippen LogP contribution < -0.4 is 5.32 Å². The van der Waals surface area contributed by atoms with Gasteiger partial charge in [-0.3, -0.25) is 0 Å².